The van der Waals surface area contributed by atoms with E-state index in [4.69, 9.17) is 9.47 Å². The molecule has 212 valence electrons. The molecule has 2 unspecified atom stereocenters. The smallest absolute Gasteiger partial charge is 0.410 e. The number of fused-ring (bicyclic) bond motifs is 5. The van der Waals surface area contributed by atoms with Crippen molar-refractivity contribution >= 4 is 11.9 Å². The van der Waals surface area contributed by atoms with Crippen molar-refractivity contribution in [2.24, 2.45) is 5.92 Å². The van der Waals surface area contributed by atoms with Gasteiger partial charge in [0.05, 0.1) is 0 Å². The first kappa shape index (κ1) is 26.5. The van der Waals surface area contributed by atoms with Gasteiger partial charge in [0.1, 0.15) is 24.7 Å². The summed E-state index contributed by atoms with van der Waals surface area (Å²) < 4.78 is 12.0. The van der Waals surface area contributed by atoms with Crippen LogP contribution < -0.4 is 4.74 Å². The highest BCUT2D eigenvalue weighted by atomic mass is 16.6. The first-order valence-corrected chi connectivity index (χ1v) is 15.1. The Morgan fingerprint density at radius 1 is 0.714 bits per heavy atom. The zero-order chi connectivity index (χ0) is 28.5. The first-order chi connectivity index (χ1) is 20.6. The fraction of sp³-hybridized carbons (Fsp3) is 0.297. The molecule has 5 heteroatoms. The van der Waals surface area contributed by atoms with Crippen molar-refractivity contribution in [2.75, 3.05) is 6.61 Å². The third-order valence-corrected chi connectivity index (χ3v) is 9.26. The number of benzene rings is 4. The van der Waals surface area contributed by atoms with Crippen LogP contribution in [0.25, 0.3) is 11.1 Å². The number of nitrogens with zero attached hydrogens (tertiary/aromatic N) is 1. The minimum atomic E-state index is -0.237. The Hall–Kier alpha value is -4.38. The number of amides is 1. The van der Waals surface area contributed by atoms with Gasteiger partial charge in [0.15, 0.2) is 0 Å². The van der Waals surface area contributed by atoms with Crippen LogP contribution >= 0.6 is 0 Å². The lowest BCUT2D eigenvalue weighted by atomic mass is 9.85. The second-order valence-corrected chi connectivity index (χ2v) is 11.8. The van der Waals surface area contributed by atoms with Gasteiger partial charge in [-0.3, -0.25) is 4.79 Å². The fourth-order valence-electron chi connectivity index (χ4n) is 7.24. The normalized spacial score (nSPS) is 20.6. The van der Waals surface area contributed by atoms with Gasteiger partial charge in [0, 0.05) is 30.3 Å². The van der Waals surface area contributed by atoms with Crippen LogP contribution in [0.15, 0.2) is 103 Å². The molecule has 2 heterocycles. The van der Waals surface area contributed by atoms with E-state index in [9.17, 15) is 9.59 Å². The van der Waals surface area contributed by atoms with E-state index in [1.165, 1.54) is 22.3 Å². The number of piperidine rings is 1. The van der Waals surface area contributed by atoms with E-state index >= 15 is 0 Å². The first-order valence-electron chi connectivity index (χ1n) is 15.1. The Bertz CT molecular complexity index is 1540. The lowest BCUT2D eigenvalue weighted by molar-refractivity contribution is -0.124. The van der Waals surface area contributed by atoms with Gasteiger partial charge < -0.3 is 14.4 Å². The van der Waals surface area contributed by atoms with Crippen LogP contribution in [0.1, 0.15) is 53.9 Å². The highest BCUT2D eigenvalue weighted by Gasteiger charge is 2.46. The molecule has 0 radical (unpaired) electrons. The highest BCUT2D eigenvalue weighted by Crippen LogP contribution is 2.45. The minimum absolute atomic E-state index is 0.0333. The number of carbonyl (C=O) groups excluding carboxylic acids is 2. The van der Waals surface area contributed by atoms with Crippen molar-refractivity contribution in [3.8, 4) is 16.9 Å². The third-order valence-electron chi connectivity index (χ3n) is 9.26. The van der Waals surface area contributed by atoms with Gasteiger partial charge in [-0.1, -0.05) is 91.0 Å². The summed E-state index contributed by atoms with van der Waals surface area (Å²) in [6, 6.07) is 34.8. The summed E-state index contributed by atoms with van der Waals surface area (Å²) in [6.45, 7) is 0.823. The summed E-state index contributed by atoms with van der Waals surface area (Å²) in [5, 5.41) is 0. The van der Waals surface area contributed by atoms with E-state index in [0.29, 0.717) is 32.5 Å². The molecule has 5 nitrogen and oxygen atoms in total. The summed E-state index contributed by atoms with van der Waals surface area (Å²) >= 11 is 0. The van der Waals surface area contributed by atoms with Gasteiger partial charge in [-0.05, 0) is 71.2 Å². The molecule has 1 amide bonds. The van der Waals surface area contributed by atoms with Gasteiger partial charge in [-0.25, -0.2) is 4.79 Å². The van der Waals surface area contributed by atoms with E-state index in [1.807, 2.05) is 59.5 Å². The van der Waals surface area contributed by atoms with Crippen molar-refractivity contribution in [3.63, 3.8) is 0 Å². The molecule has 0 N–H and O–H groups in total. The average Bonchev–Trinajstić information content (AvgIpc) is 3.49. The van der Waals surface area contributed by atoms with Crippen LogP contribution in [0.4, 0.5) is 4.79 Å². The number of rotatable bonds is 8. The van der Waals surface area contributed by atoms with Gasteiger partial charge in [0.25, 0.3) is 0 Å². The van der Waals surface area contributed by atoms with E-state index in [0.717, 1.165) is 29.7 Å². The maximum Gasteiger partial charge on any atom is 0.410 e. The summed E-state index contributed by atoms with van der Waals surface area (Å²) in [5.74, 6) is 1.04. The molecule has 0 aromatic heterocycles. The average molecular weight is 558 g/mol. The topological polar surface area (TPSA) is 55.8 Å². The number of Topliss-reactive ketones (excluding diaryl/α,β-unsaturated/α-hetero) is 1. The van der Waals surface area contributed by atoms with Gasteiger partial charge in [0.2, 0.25) is 0 Å². The van der Waals surface area contributed by atoms with Crippen molar-refractivity contribution in [1.82, 2.24) is 4.90 Å². The molecule has 4 aromatic rings. The maximum absolute atomic E-state index is 13.4. The van der Waals surface area contributed by atoms with Crippen LogP contribution in [0.2, 0.25) is 0 Å². The Kier molecular flexibility index (Phi) is 7.25. The van der Waals surface area contributed by atoms with E-state index in [1.54, 1.807) is 0 Å². The van der Waals surface area contributed by atoms with Crippen LogP contribution in [0.3, 0.4) is 0 Å². The Morgan fingerprint density at radius 3 is 2.02 bits per heavy atom. The lowest BCUT2D eigenvalue weighted by Crippen LogP contribution is -2.48. The van der Waals surface area contributed by atoms with Crippen LogP contribution in [0.5, 0.6) is 5.75 Å². The molecule has 2 atom stereocenters. The molecule has 2 saturated heterocycles. The Morgan fingerprint density at radius 2 is 1.33 bits per heavy atom. The summed E-state index contributed by atoms with van der Waals surface area (Å²) in [4.78, 5) is 28.8. The van der Waals surface area contributed by atoms with E-state index < -0.39 is 0 Å². The molecule has 0 saturated carbocycles. The Labute approximate surface area is 247 Å². The fourth-order valence-corrected chi connectivity index (χ4v) is 7.24. The van der Waals surface area contributed by atoms with E-state index in [-0.39, 0.29) is 35.8 Å². The maximum atomic E-state index is 13.4. The molecule has 2 aliphatic heterocycles. The van der Waals surface area contributed by atoms with Crippen LogP contribution in [-0.4, -0.2) is 35.5 Å². The minimum Gasteiger partial charge on any atom is -0.489 e. The molecule has 4 aromatic carbocycles. The standard InChI is InChI=1S/C37H35NO4/c39-36(20-26-11-8-12-30(19-26)41-23-25-9-2-1-3-10-25)27-21-28-17-18-29(22-27)38(28)37(40)42-24-35-33-15-6-4-13-31(33)32-14-5-7-16-34(32)35/h1-16,19,27-29,35H,17-18,20-24H2. The lowest BCUT2D eigenvalue weighted by Gasteiger charge is -2.37. The summed E-state index contributed by atoms with van der Waals surface area (Å²) in [5.41, 5.74) is 6.96. The molecule has 7 rings (SSSR count). The SMILES string of the molecule is O=C(Cc1cccc(OCc2ccccc2)c1)C1CC2CCC(C1)N2C(=O)OCC1c2ccccc2-c2ccccc21. The number of carbonyl (C=O) groups is 2. The zero-order valence-corrected chi connectivity index (χ0v) is 23.7. The summed E-state index contributed by atoms with van der Waals surface area (Å²) in [7, 11) is 0. The molecule has 2 bridgehead atoms. The molecule has 42 heavy (non-hydrogen) atoms. The van der Waals surface area contributed by atoms with Gasteiger partial charge >= 0.3 is 6.09 Å². The van der Waals surface area contributed by atoms with Crippen LogP contribution in [0, 0.1) is 5.92 Å². The second-order valence-electron chi connectivity index (χ2n) is 11.8. The predicted molar refractivity (Wildman–Crippen MR) is 162 cm³/mol. The predicted octanol–water partition coefficient (Wildman–Crippen LogP) is 7.57. The highest BCUT2D eigenvalue weighted by molar-refractivity contribution is 5.84. The third kappa shape index (κ3) is 5.20. The summed E-state index contributed by atoms with van der Waals surface area (Å²) in [6.07, 6.45) is 3.44. The number of ether oxygens (including phenoxy) is 2. The largest absolute Gasteiger partial charge is 0.489 e. The van der Waals surface area contributed by atoms with Gasteiger partial charge in [-0.15, -0.1) is 0 Å². The molecule has 0 spiro atoms. The Balaban J connectivity index is 0.957. The molecule has 1 aliphatic carbocycles. The molecule has 2 fully saturated rings. The van der Waals surface area contributed by atoms with Crippen LogP contribution in [-0.2, 0) is 22.6 Å². The van der Waals surface area contributed by atoms with Crippen molar-refractivity contribution < 1.29 is 19.1 Å². The van der Waals surface area contributed by atoms with Crippen molar-refractivity contribution in [2.45, 2.75) is 56.7 Å². The monoisotopic (exact) mass is 557 g/mol. The second kappa shape index (κ2) is 11.5. The number of hydrogen-bond donors (Lipinski definition) is 0. The zero-order valence-electron chi connectivity index (χ0n) is 23.7. The number of hydrogen-bond acceptors (Lipinski definition) is 4. The molecular formula is C37H35NO4. The number of ketones is 1. The molecular weight excluding hydrogens is 522 g/mol. The molecule has 3 aliphatic rings. The van der Waals surface area contributed by atoms with Crippen molar-refractivity contribution in [1.29, 1.82) is 0 Å². The quantitative estimate of drug-likeness (QED) is 0.224. The van der Waals surface area contributed by atoms with E-state index in [2.05, 4.69) is 48.5 Å². The van der Waals surface area contributed by atoms with Gasteiger partial charge in [-0.2, -0.15) is 0 Å². The van der Waals surface area contributed by atoms with Crippen molar-refractivity contribution in [3.05, 3.63) is 125 Å².